The van der Waals surface area contributed by atoms with Crippen LogP contribution in [-0.2, 0) is 0 Å². The lowest BCUT2D eigenvalue weighted by molar-refractivity contribution is 0.415. The summed E-state index contributed by atoms with van der Waals surface area (Å²) in [5, 5.41) is 0.786. The van der Waals surface area contributed by atoms with Gasteiger partial charge in [0.2, 0.25) is 0 Å². The fourth-order valence-corrected chi connectivity index (χ4v) is 4.42. The summed E-state index contributed by atoms with van der Waals surface area (Å²) in [7, 11) is 3.81. The zero-order valence-corrected chi connectivity index (χ0v) is 16.9. The molecule has 1 heterocycles. The number of pyridine rings is 1. The third kappa shape index (κ3) is 3.28. The molecule has 1 fully saturated rings. The van der Waals surface area contributed by atoms with E-state index in [-0.39, 0.29) is 5.43 Å². The summed E-state index contributed by atoms with van der Waals surface area (Å²) in [6.45, 7) is 2.01. The standard InChI is InChI=1S/C24H28N2O2/c1-16-9-14-21(26(2)18-7-5-4-6-8-18)23-22(16)24(27)20(15-25-23)17-10-12-19(28-3)13-11-17/h9-15,18H,4-8H2,1-3H3,(H,25,27). The number of benzene rings is 2. The predicted molar refractivity (Wildman–Crippen MR) is 117 cm³/mol. The second-order valence-corrected chi connectivity index (χ2v) is 7.81. The first-order valence-corrected chi connectivity index (χ1v) is 10.1. The van der Waals surface area contributed by atoms with Crippen LogP contribution in [0.4, 0.5) is 5.69 Å². The van der Waals surface area contributed by atoms with Crippen LogP contribution >= 0.6 is 0 Å². The first-order chi connectivity index (χ1) is 13.6. The van der Waals surface area contributed by atoms with Gasteiger partial charge in [-0.25, -0.2) is 0 Å². The monoisotopic (exact) mass is 376 g/mol. The number of hydrogen-bond acceptors (Lipinski definition) is 3. The maximum Gasteiger partial charge on any atom is 0.197 e. The summed E-state index contributed by atoms with van der Waals surface area (Å²) >= 11 is 0. The fourth-order valence-electron chi connectivity index (χ4n) is 4.42. The molecule has 2 aromatic carbocycles. The van der Waals surface area contributed by atoms with Crippen molar-refractivity contribution in [2.45, 2.75) is 45.1 Å². The van der Waals surface area contributed by atoms with Crippen LogP contribution in [-0.4, -0.2) is 25.2 Å². The lowest BCUT2D eigenvalue weighted by Gasteiger charge is -2.33. The second kappa shape index (κ2) is 7.70. The van der Waals surface area contributed by atoms with Gasteiger partial charge >= 0.3 is 0 Å². The molecule has 0 unspecified atom stereocenters. The number of aromatic amines is 1. The van der Waals surface area contributed by atoms with Crippen molar-refractivity contribution in [3.05, 3.63) is 58.4 Å². The summed E-state index contributed by atoms with van der Waals surface area (Å²) in [5.41, 5.74) is 4.73. The molecular weight excluding hydrogens is 348 g/mol. The van der Waals surface area contributed by atoms with Crippen molar-refractivity contribution >= 4 is 16.6 Å². The summed E-state index contributed by atoms with van der Waals surface area (Å²) in [5.74, 6) is 0.786. The minimum Gasteiger partial charge on any atom is -0.497 e. The molecule has 0 saturated heterocycles. The van der Waals surface area contributed by atoms with Crippen LogP contribution in [0.3, 0.4) is 0 Å². The third-order valence-electron chi connectivity index (χ3n) is 6.13. The van der Waals surface area contributed by atoms with Crippen molar-refractivity contribution in [1.29, 1.82) is 0 Å². The van der Waals surface area contributed by atoms with Gasteiger partial charge < -0.3 is 14.6 Å². The second-order valence-electron chi connectivity index (χ2n) is 7.81. The number of nitrogens with zero attached hydrogens (tertiary/aromatic N) is 1. The van der Waals surface area contributed by atoms with Crippen molar-refractivity contribution in [3.63, 3.8) is 0 Å². The maximum atomic E-state index is 13.4. The van der Waals surface area contributed by atoms with Crippen LogP contribution in [0, 0.1) is 6.92 Å². The highest BCUT2D eigenvalue weighted by atomic mass is 16.5. The molecule has 1 N–H and O–H groups in total. The number of H-pyrrole nitrogens is 1. The number of fused-ring (bicyclic) bond motifs is 1. The molecule has 146 valence electrons. The summed E-state index contributed by atoms with van der Waals surface area (Å²) in [6.07, 6.45) is 8.21. The summed E-state index contributed by atoms with van der Waals surface area (Å²) in [4.78, 5) is 19.2. The summed E-state index contributed by atoms with van der Waals surface area (Å²) < 4.78 is 5.23. The van der Waals surface area contributed by atoms with E-state index in [0.717, 1.165) is 33.5 Å². The van der Waals surface area contributed by atoms with Crippen LogP contribution < -0.4 is 15.1 Å². The average molecular weight is 377 g/mol. The van der Waals surface area contributed by atoms with Gasteiger partial charge in [0, 0.05) is 24.8 Å². The molecule has 0 spiro atoms. The topological polar surface area (TPSA) is 45.3 Å². The molecule has 4 rings (SSSR count). The fraction of sp³-hybridized carbons (Fsp3) is 0.375. The van der Waals surface area contributed by atoms with E-state index in [9.17, 15) is 4.79 Å². The SMILES string of the molecule is COc1ccc(-c2c[nH]c3c(N(C)C4CCCCC4)ccc(C)c3c2=O)cc1. The molecule has 0 atom stereocenters. The van der Waals surface area contributed by atoms with E-state index in [1.165, 1.54) is 32.1 Å². The number of anilines is 1. The van der Waals surface area contributed by atoms with E-state index in [4.69, 9.17) is 4.74 Å². The minimum atomic E-state index is 0.0790. The van der Waals surface area contributed by atoms with Crippen LogP contribution in [0.2, 0.25) is 0 Å². The zero-order chi connectivity index (χ0) is 19.7. The Labute approximate surface area is 166 Å². The number of ether oxygens (including phenoxy) is 1. The number of nitrogens with one attached hydrogen (secondary N) is 1. The van der Waals surface area contributed by atoms with Gasteiger partial charge in [0.25, 0.3) is 0 Å². The number of aromatic nitrogens is 1. The molecule has 4 nitrogen and oxygen atoms in total. The van der Waals surface area contributed by atoms with E-state index in [1.54, 1.807) is 7.11 Å². The molecule has 1 aromatic heterocycles. The average Bonchev–Trinajstić information content (AvgIpc) is 2.74. The highest BCUT2D eigenvalue weighted by Crippen LogP contribution is 2.32. The minimum absolute atomic E-state index is 0.0790. The van der Waals surface area contributed by atoms with Crippen LogP contribution in [0.15, 0.2) is 47.4 Å². The highest BCUT2D eigenvalue weighted by Gasteiger charge is 2.21. The van der Waals surface area contributed by atoms with Gasteiger partial charge in [-0.15, -0.1) is 0 Å². The van der Waals surface area contributed by atoms with E-state index in [2.05, 4.69) is 29.1 Å². The van der Waals surface area contributed by atoms with E-state index >= 15 is 0 Å². The zero-order valence-electron chi connectivity index (χ0n) is 16.9. The molecule has 3 aromatic rings. The van der Waals surface area contributed by atoms with Crippen molar-refractivity contribution in [1.82, 2.24) is 4.98 Å². The maximum absolute atomic E-state index is 13.4. The Hall–Kier alpha value is -2.75. The Kier molecular flexibility index (Phi) is 5.12. The predicted octanol–water partition coefficient (Wildman–Crippen LogP) is 5.28. The van der Waals surface area contributed by atoms with Crippen molar-refractivity contribution < 1.29 is 4.74 Å². The number of methoxy groups -OCH3 is 1. The Morgan fingerprint density at radius 1 is 1.04 bits per heavy atom. The molecule has 1 saturated carbocycles. The number of aryl methyl sites for hydroxylation is 1. The smallest absolute Gasteiger partial charge is 0.197 e. The van der Waals surface area contributed by atoms with Crippen molar-refractivity contribution in [2.75, 3.05) is 19.1 Å². The molecule has 28 heavy (non-hydrogen) atoms. The normalized spacial score (nSPS) is 15.0. The molecule has 0 radical (unpaired) electrons. The molecule has 0 amide bonds. The van der Waals surface area contributed by atoms with Gasteiger partial charge in [0.1, 0.15) is 5.75 Å². The van der Waals surface area contributed by atoms with E-state index in [0.29, 0.717) is 11.6 Å². The number of rotatable bonds is 4. The van der Waals surface area contributed by atoms with Crippen molar-refractivity contribution in [2.24, 2.45) is 0 Å². The van der Waals surface area contributed by atoms with Gasteiger partial charge in [-0.3, -0.25) is 4.79 Å². The Bertz CT molecular complexity index is 1030. The van der Waals surface area contributed by atoms with Crippen LogP contribution in [0.1, 0.15) is 37.7 Å². The summed E-state index contributed by atoms with van der Waals surface area (Å²) in [6, 6.07) is 12.4. The lowest BCUT2D eigenvalue weighted by atomic mass is 9.93. The molecule has 4 heteroatoms. The Morgan fingerprint density at radius 2 is 1.75 bits per heavy atom. The number of hydrogen-bond donors (Lipinski definition) is 1. The molecule has 0 bridgehead atoms. The van der Waals surface area contributed by atoms with E-state index in [1.807, 2.05) is 37.4 Å². The molecular formula is C24H28N2O2. The molecule has 0 aliphatic heterocycles. The first-order valence-electron chi connectivity index (χ1n) is 10.1. The Morgan fingerprint density at radius 3 is 2.43 bits per heavy atom. The molecule has 1 aliphatic rings. The first kappa shape index (κ1) is 18.6. The Balaban J connectivity index is 1.81. The third-order valence-corrected chi connectivity index (χ3v) is 6.13. The largest absolute Gasteiger partial charge is 0.497 e. The van der Waals surface area contributed by atoms with Gasteiger partial charge in [-0.1, -0.05) is 37.5 Å². The van der Waals surface area contributed by atoms with Crippen LogP contribution in [0.25, 0.3) is 22.0 Å². The van der Waals surface area contributed by atoms with Crippen molar-refractivity contribution in [3.8, 4) is 16.9 Å². The lowest BCUT2D eigenvalue weighted by Crippen LogP contribution is -2.33. The van der Waals surface area contributed by atoms with E-state index < -0.39 is 0 Å². The molecule has 1 aliphatic carbocycles. The van der Waals surface area contributed by atoms with Gasteiger partial charge in [-0.05, 0) is 49.1 Å². The van der Waals surface area contributed by atoms with Crippen LogP contribution in [0.5, 0.6) is 5.75 Å². The van der Waals surface area contributed by atoms with Gasteiger partial charge in [0.05, 0.1) is 23.7 Å². The highest BCUT2D eigenvalue weighted by molar-refractivity contribution is 5.95. The quantitative estimate of drug-likeness (QED) is 0.674. The van der Waals surface area contributed by atoms with Gasteiger partial charge in [0.15, 0.2) is 5.43 Å². The van der Waals surface area contributed by atoms with Gasteiger partial charge in [-0.2, -0.15) is 0 Å².